The van der Waals surface area contributed by atoms with E-state index in [0.717, 1.165) is 15.4 Å². The average molecular weight is 359 g/mol. The maximum Gasteiger partial charge on any atom is 0.153 e. The number of rotatable bonds is 3. The SMILES string of the molecule is NC(=S)c1cc(Br)ccc1Oc1cccc2cccnc12. The summed E-state index contributed by atoms with van der Waals surface area (Å²) in [7, 11) is 0. The highest BCUT2D eigenvalue weighted by Crippen LogP contribution is 2.31. The van der Waals surface area contributed by atoms with Gasteiger partial charge in [-0.3, -0.25) is 4.98 Å². The number of thiocarbonyl (C=S) groups is 1. The third kappa shape index (κ3) is 2.89. The van der Waals surface area contributed by atoms with E-state index in [4.69, 9.17) is 22.7 Å². The van der Waals surface area contributed by atoms with Crippen LogP contribution in [0.4, 0.5) is 0 Å². The Labute approximate surface area is 135 Å². The molecule has 2 aromatic carbocycles. The predicted octanol–water partition coefficient (Wildman–Crippen LogP) is 4.42. The lowest BCUT2D eigenvalue weighted by molar-refractivity contribution is 0.486. The van der Waals surface area contributed by atoms with Gasteiger partial charge in [-0.15, -0.1) is 0 Å². The topological polar surface area (TPSA) is 48.1 Å². The summed E-state index contributed by atoms with van der Waals surface area (Å²) in [5, 5.41) is 1.02. The normalized spacial score (nSPS) is 10.5. The van der Waals surface area contributed by atoms with Crippen molar-refractivity contribution in [3.63, 3.8) is 0 Å². The van der Waals surface area contributed by atoms with E-state index >= 15 is 0 Å². The second-order valence-electron chi connectivity index (χ2n) is 4.44. The summed E-state index contributed by atoms with van der Waals surface area (Å²) in [5.41, 5.74) is 7.25. The van der Waals surface area contributed by atoms with Crippen LogP contribution in [0.2, 0.25) is 0 Å². The molecule has 0 fully saturated rings. The van der Waals surface area contributed by atoms with Gasteiger partial charge in [-0.2, -0.15) is 0 Å². The molecule has 21 heavy (non-hydrogen) atoms. The molecule has 0 unspecified atom stereocenters. The van der Waals surface area contributed by atoms with Gasteiger partial charge in [-0.25, -0.2) is 0 Å². The summed E-state index contributed by atoms with van der Waals surface area (Å²) in [6.45, 7) is 0. The van der Waals surface area contributed by atoms with Gasteiger partial charge in [-0.05, 0) is 30.3 Å². The highest BCUT2D eigenvalue weighted by atomic mass is 79.9. The first kappa shape index (κ1) is 14.0. The van der Waals surface area contributed by atoms with Crippen LogP contribution in [0.3, 0.4) is 0 Å². The monoisotopic (exact) mass is 358 g/mol. The van der Waals surface area contributed by atoms with Gasteiger partial charge in [0.15, 0.2) is 5.75 Å². The van der Waals surface area contributed by atoms with E-state index in [-0.39, 0.29) is 0 Å². The maximum atomic E-state index is 5.99. The maximum absolute atomic E-state index is 5.99. The smallest absolute Gasteiger partial charge is 0.153 e. The zero-order chi connectivity index (χ0) is 14.8. The van der Waals surface area contributed by atoms with Crippen LogP contribution in [0.15, 0.2) is 59.2 Å². The standard InChI is InChI=1S/C16H11BrN2OS/c17-11-6-7-13(12(9-11)16(18)21)20-14-5-1-3-10-4-2-8-19-15(10)14/h1-9H,(H2,18,21). The summed E-state index contributed by atoms with van der Waals surface area (Å²) in [5.74, 6) is 1.29. The molecule has 3 nitrogen and oxygen atoms in total. The van der Waals surface area contributed by atoms with Gasteiger partial charge in [0.1, 0.15) is 16.3 Å². The van der Waals surface area contributed by atoms with Crippen molar-refractivity contribution in [2.75, 3.05) is 0 Å². The minimum atomic E-state index is 0.291. The first-order chi connectivity index (χ1) is 10.1. The first-order valence-corrected chi connectivity index (χ1v) is 7.46. The molecule has 0 bridgehead atoms. The Bertz CT molecular complexity index is 830. The fourth-order valence-corrected chi connectivity index (χ4v) is 2.58. The molecule has 3 aromatic rings. The predicted molar refractivity (Wildman–Crippen MR) is 91.8 cm³/mol. The molecule has 0 radical (unpaired) electrons. The van der Waals surface area contributed by atoms with E-state index in [0.29, 0.717) is 22.1 Å². The van der Waals surface area contributed by atoms with E-state index in [1.807, 2.05) is 48.5 Å². The number of nitrogens with zero attached hydrogens (tertiary/aromatic N) is 1. The van der Waals surface area contributed by atoms with Crippen molar-refractivity contribution in [2.45, 2.75) is 0 Å². The van der Waals surface area contributed by atoms with Crippen LogP contribution in [-0.2, 0) is 0 Å². The Hall–Kier alpha value is -1.98. The van der Waals surface area contributed by atoms with E-state index in [9.17, 15) is 0 Å². The van der Waals surface area contributed by atoms with Crippen molar-refractivity contribution >= 4 is 44.0 Å². The molecule has 0 spiro atoms. The lowest BCUT2D eigenvalue weighted by Crippen LogP contribution is -2.10. The van der Waals surface area contributed by atoms with Crippen LogP contribution in [0.5, 0.6) is 11.5 Å². The van der Waals surface area contributed by atoms with E-state index < -0.39 is 0 Å². The largest absolute Gasteiger partial charge is 0.454 e. The molecule has 0 amide bonds. The van der Waals surface area contributed by atoms with Crippen LogP contribution in [0.1, 0.15) is 5.56 Å². The zero-order valence-corrected chi connectivity index (χ0v) is 13.3. The highest BCUT2D eigenvalue weighted by molar-refractivity contribution is 9.10. The van der Waals surface area contributed by atoms with Crippen LogP contribution in [0.25, 0.3) is 10.9 Å². The van der Waals surface area contributed by atoms with Crippen molar-refractivity contribution in [1.82, 2.24) is 4.98 Å². The molecule has 0 aliphatic heterocycles. The zero-order valence-electron chi connectivity index (χ0n) is 10.9. The Morgan fingerprint density at radius 1 is 1.10 bits per heavy atom. The molecule has 2 N–H and O–H groups in total. The first-order valence-electron chi connectivity index (χ1n) is 6.26. The minimum Gasteiger partial charge on any atom is -0.454 e. The number of pyridine rings is 1. The summed E-state index contributed by atoms with van der Waals surface area (Å²) >= 11 is 8.49. The number of para-hydroxylation sites is 1. The minimum absolute atomic E-state index is 0.291. The van der Waals surface area contributed by atoms with Crippen LogP contribution in [-0.4, -0.2) is 9.97 Å². The van der Waals surface area contributed by atoms with Gasteiger partial charge in [0, 0.05) is 16.1 Å². The molecule has 104 valence electrons. The second-order valence-corrected chi connectivity index (χ2v) is 5.79. The molecule has 0 saturated carbocycles. The number of hydrogen-bond donors (Lipinski definition) is 1. The Morgan fingerprint density at radius 3 is 2.71 bits per heavy atom. The van der Waals surface area contributed by atoms with Gasteiger partial charge in [0.25, 0.3) is 0 Å². The number of ether oxygens (including phenoxy) is 1. The van der Waals surface area contributed by atoms with E-state index in [1.54, 1.807) is 6.20 Å². The summed E-state index contributed by atoms with van der Waals surface area (Å²) < 4.78 is 6.89. The molecule has 3 rings (SSSR count). The van der Waals surface area contributed by atoms with Crippen molar-refractivity contribution in [3.8, 4) is 11.5 Å². The molecule has 0 saturated heterocycles. The Morgan fingerprint density at radius 2 is 1.90 bits per heavy atom. The van der Waals surface area contributed by atoms with Crippen molar-refractivity contribution < 1.29 is 4.74 Å². The van der Waals surface area contributed by atoms with Gasteiger partial charge in [0.05, 0.1) is 5.56 Å². The number of hydrogen-bond acceptors (Lipinski definition) is 3. The number of fused-ring (bicyclic) bond motifs is 1. The van der Waals surface area contributed by atoms with Gasteiger partial charge >= 0.3 is 0 Å². The molecule has 1 heterocycles. The quantitative estimate of drug-likeness (QED) is 0.703. The molecule has 0 aliphatic rings. The molecule has 0 aliphatic carbocycles. The van der Waals surface area contributed by atoms with Gasteiger partial charge < -0.3 is 10.5 Å². The van der Waals surface area contributed by atoms with Gasteiger partial charge in [-0.1, -0.05) is 46.3 Å². The molecule has 5 heteroatoms. The number of nitrogens with two attached hydrogens (primary N) is 1. The fraction of sp³-hybridized carbons (Fsp3) is 0. The van der Waals surface area contributed by atoms with Gasteiger partial charge in [0.2, 0.25) is 0 Å². The van der Waals surface area contributed by atoms with Crippen LogP contribution >= 0.6 is 28.1 Å². The fourth-order valence-electron chi connectivity index (χ4n) is 2.06. The Kier molecular flexibility index (Phi) is 3.86. The summed E-state index contributed by atoms with van der Waals surface area (Å²) in [6, 6.07) is 15.2. The molecular formula is C16H11BrN2OS. The number of aromatic nitrogens is 1. The summed E-state index contributed by atoms with van der Waals surface area (Å²) in [4.78, 5) is 4.66. The second kappa shape index (κ2) is 5.79. The average Bonchev–Trinajstić information content (AvgIpc) is 2.49. The lowest BCUT2D eigenvalue weighted by Gasteiger charge is -2.12. The van der Waals surface area contributed by atoms with Crippen molar-refractivity contribution in [2.24, 2.45) is 5.73 Å². The van der Waals surface area contributed by atoms with E-state index in [2.05, 4.69) is 20.9 Å². The van der Waals surface area contributed by atoms with E-state index in [1.165, 1.54) is 0 Å². The van der Waals surface area contributed by atoms with Crippen molar-refractivity contribution in [1.29, 1.82) is 0 Å². The molecular weight excluding hydrogens is 348 g/mol. The molecule has 1 aromatic heterocycles. The number of halogens is 1. The van der Waals surface area contributed by atoms with Crippen molar-refractivity contribution in [3.05, 3.63) is 64.8 Å². The Balaban J connectivity index is 2.09. The highest BCUT2D eigenvalue weighted by Gasteiger charge is 2.10. The summed E-state index contributed by atoms with van der Waals surface area (Å²) in [6.07, 6.45) is 1.74. The van der Waals surface area contributed by atoms with Crippen LogP contribution in [0, 0.1) is 0 Å². The third-order valence-corrected chi connectivity index (χ3v) is 3.74. The molecule has 0 atom stereocenters. The number of benzene rings is 2. The third-order valence-electron chi connectivity index (χ3n) is 3.02. The lowest BCUT2D eigenvalue weighted by atomic mass is 10.2. The van der Waals surface area contributed by atoms with Crippen LogP contribution < -0.4 is 10.5 Å².